The molecule has 3 aromatic carbocycles. The minimum atomic E-state index is -0.957. The molecule has 0 fully saturated rings. The van der Waals surface area contributed by atoms with E-state index in [0.717, 1.165) is 15.4 Å². The first-order chi connectivity index (χ1) is 14.9. The van der Waals surface area contributed by atoms with E-state index in [1.807, 2.05) is 62.4 Å². The zero-order valence-corrected chi connectivity index (χ0v) is 18.5. The molecule has 0 spiro atoms. The molecule has 0 saturated carbocycles. The molecule has 160 valence electrons. The van der Waals surface area contributed by atoms with E-state index in [2.05, 4.69) is 23.4 Å². The molecule has 3 rings (SSSR count). The first-order valence-electron chi connectivity index (χ1n) is 9.75. The molecule has 0 aromatic heterocycles. The number of rotatable bonds is 6. The van der Waals surface area contributed by atoms with Gasteiger partial charge in [0, 0.05) is 5.69 Å². The number of hydrogen-bond donors (Lipinski definition) is 3. The molecule has 31 heavy (non-hydrogen) atoms. The summed E-state index contributed by atoms with van der Waals surface area (Å²) in [6.07, 6.45) is 0. The molecule has 0 bridgehead atoms. The Balaban J connectivity index is 1.86. The summed E-state index contributed by atoms with van der Waals surface area (Å²) in [6.45, 7) is 3.88. The number of thiol groups is 1. The number of aryl methyl sites for hydroxylation is 2. The van der Waals surface area contributed by atoms with Gasteiger partial charge in [0.15, 0.2) is 0 Å². The predicted octanol–water partition coefficient (Wildman–Crippen LogP) is 5.37. The van der Waals surface area contributed by atoms with E-state index in [0.29, 0.717) is 22.7 Å². The van der Waals surface area contributed by atoms with E-state index in [9.17, 15) is 9.59 Å². The van der Waals surface area contributed by atoms with Gasteiger partial charge in [0.05, 0.1) is 12.8 Å². The molecule has 7 heteroatoms. The Morgan fingerprint density at radius 3 is 2.19 bits per heavy atom. The number of hydrogen-bond acceptors (Lipinski definition) is 4. The number of methoxy groups -OCH3 is 1. The van der Waals surface area contributed by atoms with Crippen LogP contribution in [0.3, 0.4) is 0 Å². The molecule has 0 aliphatic heterocycles. The van der Waals surface area contributed by atoms with Gasteiger partial charge in [0.25, 0.3) is 5.91 Å². The molecule has 0 saturated heterocycles. The lowest BCUT2D eigenvalue weighted by atomic mass is 10.1. The lowest BCUT2D eigenvalue weighted by Gasteiger charge is -2.27. The Kier molecular flexibility index (Phi) is 7.20. The molecule has 3 amide bonds. The van der Waals surface area contributed by atoms with Gasteiger partial charge in [-0.1, -0.05) is 66.9 Å². The van der Waals surface area contributed by atoms with E-state index in [4.69, 9.17) is 4.74 Å². The summed E-state index contributed by atoms with van der Waals surface area (Å²) in [6, 6.07) is 20.4. The number of nitrogens with one attached hydrogen (secondary N) is 2. The van der Waals surface area contributed by atoms with Crippen LogP contribution in [-0.4, -0.2) is 23.4 Å². The number of benzene rings is 3. The summed E-state index contributed by atoms with van der Waals surface area (Å²) >= 11 is 4.39. The first-order valence-corrected chi connectivity index (χ1v) is 10.1. The highest BCUT2D eigenvalue weighted by Gasteiger charge is 2.30. The average molecular weight is 436 g/mol. The largest absolute Gasteiger partial charge is 0.495 e. The standard InChI is InChI=1S/C24H25N3O3S/c1-16-9-12-19(13-10-16)25-23(28)22(18-7-5-4-6-8-18)27(31)24(29)26-20-15-17(2)11-14-21(20)30-3/h4-15,22,31H,1-3H3,(H,25,28)(H,26,29). The third-order valence-corrected chi connectivity index (χ3v) is 5.14. The van der Waals surface area contributed by atoms with E-state index >= 15 is 0 Å². The number of carbonyl (C=O) groups is 2. The van der Waals surface area contributed by atoms with E-state index in [-0.39, 0.29) is 5.91 Å². The van der Waals surface area contributed by atoms with Gasteiger partial charge in [0.2, 0.25) is 0 Å². The normalized spacial score (nSPS) is 11.4. The van der Waals surface area contributed by atoms with Crippen molar-refractivity contribution in [2.75, 3.05) is 17.7 Å². The molecule has 0 aliphatic rings. The second kappa shape index (κ2) is 10.0. The lowest BCUT2D eigenvalue weighted by molar-refractivity contribution is -0.119. The molecule has 6 nitrogen and oxygen atoms in total. The molecule has 2 N–H and O–H groups in total. The third-order valence-electron chi connectivity index (χ3n) is 4.73. The van der Waals surface area contributed by atoms with Crippen molar-refractivity contribution in [3.63, 3.8) is 0 Å². The minimum Gasteiger partial charge on any atom is -0.495 e. The molecular formula is C24H25N3O3S. The van der Waals surface area contributed by atoms with Crippen LogP contribution in [0.25, 0.3) is 0 Å². The maximum absolute atomic E-state index is 13.2. The van der Waals surface area contributed by atoms with Gasteiger partial charge in [-0.3, -0.25) is 9.10 Å². The summed E-state index contributed by atoms with van der Waals surface area (Å²) in [5.74, 6) is 0.137. The zero-order chi connectivity index (χ0) is 22.4. The Labute approximate surface area is 187 Å². The Hall–Kier alpha value is -3.45. The van der Waals surface area contributed by atoms with Gasteiger partial charge in [-0.15, -0.1) is 0 Å². The summed E-state index contributed by atoms with van der Waals surface area (Å²) < 4.78 is 6.41. The summed E-state index contributed by atoms with van der Waals surface area (Å²) in [4.78, 5) is 26.2. The van der Waals surface area contributed by atoms with Crippen molar-refractivity contribution >= 4 is 36.1 Å². The fourth-order valence-corrected chi connectivity index (χ4v) is 3.38. The van der Waals surface area contributed by atoms with Crippen molar-refractivity contribution in [1.82, 2.24) is 4.31 Å². The summed E-state index contributed by atoms with van der Waals surface area (Å²) in [5.41, 5.74) is 3.81. The Morgan fingerprint density at radius 2 is 1.55 bits per heavy atom. The average Bonchev–Trinajstić information content (AvgIpc) is 2.76. The van der Waals surface area contributed by atoms with E-state index < -0.39 is 12.1 Å². The SMILES string of the molecule is COc1ccc(C)cc1NC(=O)N(S)C(C(=O)Nc1ccc(C)cc1)c1ccccc1. The van der Waals surface area contributed by atoms with Crippen LogP contribution in [-0.2, 0) is 4.79 Å². The fourth-order valence-electron chi connectivity index (χ4n) is 3.10. The topological polar surface area (TPSA) is 70.7 Å². The molecular weight excluding hydrogens is 410 g/mol. The van der Waals surface area contributed by atoms with Gasteiger partial charge < -0.3 is 15.4 Å². The van der Waals surface area contributed by atoms with Gasteiger partial charge in [0.1, 0.15) is 11.8 Å². The molecule has 0 aliphatic carbocycles. The van der Waals surface area contributed by atoms with Crippen molar-refractivity contribution in [3.8, 4) is 5.75 Å². The van der Waals surface area contributed by atoms with Crippen LogP contribution in [0.5, 0.6) is 5.75 Å². The van der Waals surface area contributed by atoms with Crippen molar-refractivity contribution in [2.24, 2.45) is 0 Å². The van der Waals surface area contributed by atoms with Crippen molar-refractivity contribution in [2.45, 2.75) is 19.9 Å². The van der Waals surface area contributed by atoms with Gasteiger partial charge >= 0.3 is 6.03 Å². The minimum absolute atomic E-state index is 0.378. The van der Waals surface area contributed by atoms with Crippen LogP contribution in [0.2, 0.25) is 0 Å². The van der Waals surface area contributed by atoms with Crippen LogP contribution < -0.4 is 15.4 Å². The fraction of sp³-hybridized carbons (Fsp3) is 0.167. The number of ether oxygens (including phenoxy) is 1. The van der Waals surface area contributed by atoms with Crippen molar-refractivity contribution in [3.05, 3.63) is 89.5 Å². The second-order valence-electron chi connectivity index (χ2n) is 7.15. The molecule has 3 aromatic rings. The Bertz CT molecular complexity index is 1060. The monoisotopic (exact) mass is 435 g/mol. The van der Waals surface area contributed by atoms with Crippen LogP contribution in [0.4, 0.5) is 16.2 Å². The van der Waals surface area contributed by atoms with E-state index in [1.54, 1.807) is 24.3 Å². The first kappa shape index (κ1) is 22.2. The van der Waals surface area contributed by atoms with Crippen molar-refractivity contribution in [1.29, 1.82) is 0 Å². The smallest absolute Gasteiger partial charge is 0.332 e. The highest BCUT2D eigenvalue weighted by atomic mass is 32.1. The summed E-state index contributed by atoms with van der Waals surface area (Å²) in [7, 11) is 1.53. The second-order valence-corrected chi connectivity index (χ2v) is 7.58. The van der Waals surface area contributed by atoms with Crippen LogP contribution in [0.15, 0.2) is 72.8 Å². The zero-order valence-electron chi connectivity index (χ0n) is 17.6. The maximum Gasteiger partial charge on any atom is 0.332 e. The van der Waals surface area contributed by atoms with Gasteiger partial charge in [-0.25, -0.2) is 4.79 Å². The van der Waals surface area contributed by atoms with Crippen LogP contribution in [0.1, 0.15) is 22.7 Å². The maximum atomic E-state index is 13.2. The van der Waals surface area contributed by atoms with Gasteiger partial charge in [-0.05, 0) is 49.2 Å². The highest BCUT2D eigenvalue weighted by molar-refractivity contribution is 7.78. The molecule has 1 atom stereocenters. The third kappa shape index (κ3) is 5.58. The molecule has 1 unspecified atom stereocenters. The number of carbonyl (C=O) groups excluding carboxylic acids is 2. The quantitative estimate of drug-likeness (QED) is 0.456. The number of urea groups is 1. The number of amides is 3. The number of nitrogens with zero attached hydrogens (tertiary/aromatic N) is 1. The Morgan fingerprint density at radius 1 is 0.903 bits per heavy atom. The van der Waals surface area contributed by atoms with Crippen LogP contribution >= 0.6 is 12.8 Å². The van der Waals surface area contributed by atoms with Gasteiger partial charge in [-0.2, -0.15) is 0 Å². The predicted molar refractivity (Wildman–Crippen MR) is 127 cm³/mol. The lowest BCUT2D eigenvalue weighted by Crippen LogP contribution is -2.38. The van der Waals surface area contributed by atoms with Crippen molar-refractivity contribution < 1.29 is 14.3 Å². The number of anilines is 2. The van der Waals surface area contributed by atoms with Crippen LogP contribution in [0, 0.1) is 13.8 Å². The highest BCUT2D eigenvalue weighted by Crippen LogP contribution is 2.29. The molecule has 0 heterocycles. The molecule has 0 radical (unpaired) electrons. The van der Waals surface area contributed by atoms with E-state index in [1.165, 1.54) is 7.11 Å². The summed E-state index contributed by atoms with van der Waals surface area (Å²) in [5, 5.41) is 5.65.